The number of carbonyl (C=O) groups excluding carboxylic acids is 2. The van der Waals surface area contributed by atoms with Gasteiger partial charge in [-0.3, -0.25) is 4.79 Å². The Labute approximate surface area is 161 Å². The van der Waals surface area contributed by atoms with Crippen molar-refractivity contribution < 1.29 is 28.2 Å². The van der Waals surface area contributed by atoms with Crippen LogP contribution in [0.4, 0.5) is 14.5 Å². The molecule has 0 bridgehead atoms. The van der Waals surface area contributed by atoms with E-state index in [0.717, 1.165) is 19.3 Å². The number of nitrogens with zero attached hydrogens (tertiary/aromatic N) is 2. The minimum Gasteiger partial charge on any atom is -0.550 e. The number of hydrogen-bond acceptors (Lipinski definition) is 6. The number of amides is 1. The smallest absolute Gasteiger partial charge is 0.282 e. The first-order valence-corrected chi connectivity index (χ1v) is 9.54. The molecule has 2 saturated carbocycles. The number of rotatable bonds is 8. The Morgan fingerprint density at radius 3 is 2.54 bits per heavy atom. The molecule has 1 amide bonds. The summed E-state index contributed by atoms with van der Waals surface area (Å²) >= 11 is 0. The van der Waals surface area contributed by atoms with Gasteiger partial charge in [0.2, 0.25) is 5.88 Å². The fraction of sp³-hybridized carbons (Fsp3) is 0.632. The number of aromatic nitrogens is 1. The molecule has 0 spiro atoms. The van der Waals surface area contributed by atoms with Crippen molar-refractivity contribution in [3.05, 3.63) is 17.8 Å². The van der Waals surface area contributed by atoms with E-state index in [1.54, 1.807) is 6.07 Å². The van der Waals surface area contributed by atoms with E-state index < -0.39 is 36.4 Å². The van der Waals surface area contributed by atoms with E-state index in [0.29, 0.717) is 31.1 Å². The highest BCUT2D eigenvalue weighted by Crippen LogP contribution is 2.38. The Kier molecular flexibility index (Phi) is 4.63. The van der Waals surface area contributed by atoms with Gasteiger partial charge in [0.25, 0.3) is 11.8 Å². The number of nitrogens with one attached hydrogen (secondary N) is 1. The summed E-state index contributed by atoms with van der Waals surface area (Å²) in [4.78, 5) is 29.3. The molecule has 3 aliphatic rings. The molecule has 1 aliphatic heterocycles. The van der Waals surface area contributed by atoms with Crippen molar-refractivity contribution >= 4 is 17.6 Å². The summed E-state index contributed by atoms with van der Waals surface area (Å²) < 4.78 is 32.2. The number of anilines is 1. The SMILES string of the molecule is O=C([O-])CC1(NC(=O)c2ccc(N3CC(F)(F)C3)c(OCC3CC3)n2)CCC1. The number of carboxylic acid groups (broad SMARTS) is 1. The van der Waals surface area contributed by atoms with Crippen LogP contribution in [-0.2, 0) is 4.79 Å². The van der Waals surface area contributed by atoms with E-state index in [9.17, 15) is 23.5 Å². The van der Waals surface area contributed by atoms with Crippen LogP contribution in [0.25, 0.3) is 0 Å². The highest BCUT2D eigenvalue weighted by molar-refractivity contribution is 5.93. The molecule has 4 rings (SSSR count). The van der Waals surface area contributed by atoms with Crippen LogP contribution in [0.2, 0.25) is 0 Å². The molecule has 3 fully saturated rings. The van der Waals surface area contributed by atoms with E-state index in [1.807, 2.05) is 0 Å². The second-order valence-corrected chi connectivity index (χ2v) is 8.12. The molecule has 1 aromatic rings. The minimum absolute atomic E-state index is 0.0754. The zero-order chi connectivity index (χ0) is 19.9. The van der Waals surface area contributed by atoms with Gasteiger partial charge >= 0.3 is 0 Å². The lowest BCUT2D eigenvalue weighted by molar-refractivity contribution is -0.307. The monoisotopic (exact) mass is 394 g/mol. The number of alkyl halides is 2. The molecule has 9 heteroatoms. The van der Waals surface area contributed by atoms with Crippen molar-refractivity contribution in [2.75, 3.05) is 24.6 Å². The standard InChI is InChI=1S/C19H23F2N3O4/c20-19(21)10-24(11-19)14-5-4-13(22-17(14)28-9-12-2-3-12)16(27)23-18(6-1-7-18)8-15(25)26/h4-5,12H,1-3,6-11H2,(H,23,27)(H,25,26)/p-1. The Bertz CT molecular complexity index is 785. The van der Waals surface area contributed by atoms with Crippen LogP contribution >= 0.6 is 0 Å². The highest BCUT2D eigenvalue weighted by Gasteiger charge is 2.45. The number of ether oxygens (including phenoxy) is 1. The van der Waals surface area contributed by atoms with Crippen LogP contribution in [0.3, 0.4) is 0 Å². The molecule has 2 heterocycles. The first kappa shape index (κ1) is 18.9. The van der Waals surface area contributed by atoms with Crippen molar-refractivity contribution in [2.24, 2.45) is 5.92 Å². The quantitative estimate of drug-likeness (QED) is 0.710. The first-order valence-electron chi connectivity index (χ1n) is 9.54. The van der Waals surface area contributed by atoms with E-state index in [2.05, 4.69) is 10.3 Å². The van der Waals surface area contributed by atoms with Gasteiger partial charge in [0.1, 0.15) is 11.4 Å². The van der Waals surface area contributed by atoms with Crippen molar-refractivity contribution in [2.45, 2.75) is 50.0 Å². The summed E-state index contributed by atoms with van der Waals surface area (Å²) in [6.45, 7) is -0.382. The zero-order valence-corrected chi connectivity index (χ0v) is 15.4. The lowest BCUT2D eigenvalue weighted by Gasteiger charge is -2.43. The number of pyridine rings is 1. The van der Waals surface area contributed by atoms with Crippen LogP contribution in [0.1, 0.15) is 49.0 Å². The molecule has 2 aliphatic carbocycles. The Balaban J connectivity index is 1.51. The Morgan fingerprint density at radius 1 is 1.29 bits per heavy atom. The van der Waals surface area contributed by atoms with Crippen molar-refractivity contribution in [3.63, 3.8) is 0 Å². The van der Waals surface area contributed by atoms with Gasteiger partial charge in [0.15, 0.2) is 0 Å². The molecular weight excluding hydrogens is 372 g/mol. The van der Waals surface area contributed by atoms with Crippen LogP contribution < -0.4 is 20.1 Å². The molecule has 28 heavy (non-hydrogen) atoms. The summed E-state index contributed by atoms with van der Waals surface area (Å²) in [5.74, 6) is -3.84. The maximum atomic E-state index is 13.3. The van der Waals surface area contributed by atoms with Crippen molar-refractivity contribution in [3.8, 4) is 5.88 Å². The van der Waals surface area contributed by atoms with Crippen LogP contribution in [0.5, 0.6) is 5.88 Å². The average molecular weight is 394 g/mol. The summed E-state index contributed by atoms with van der Waals surface area (Å²) in [6.07, 6.45) is 3.84. The Morgan fingerprint density at radius 2 is 2.00 bits per heavy atom. The van der Waals surface area contributed by atoms with Gasteiger partial charge in [-0.05, 0) is 50.2 Å². The fourth-order valence-electron chi connectivity index (χ4n) is 3.60. The molecule has 0 radical (unpaired) electrons. The predicted molar refractivity (Wildman–Crippen MR) is 93.3 cm³/mol. The second kappa shape index (κ2) is 6.86. The third-order valence-corrected chi connectivity index (χ3v) is 5.58. The van der Waals surface area contributed by atoms with Gasteiger partial charge < -0.3 is 24.9 Å². The highest BCUT2D eigenvalue weighted by atomic mass is 19.3. The molecule has 0 atom stereocenters. The largest absolute Gasteiger partial charge is 0.550 e. The summed E-state index contributed by atoms with van der Waals surface area (Å²) in [5, 5.41) is 13.7. The maximum absolute atomic E-state index is 13.3. The fourth-order valence-corrected chi connectivity index (χ4v) is 3.60. The van der Waals surface area contributed by atoms with Gasteiger partial charge in [-0.25, -0.2) is 13.8 Å². The van der Waals surface area contributed by atoms with Crippen LogP contribution in [-0.4, -0.2) is 48.0 Å². The normalized spacial score (nSPS) is 22.0. The van der Waals surface area contributed by atoms with Gasteiger partial charge in [-0.2, -0.15) is 0 Å². The minimum atomic E-state index is -2.73. The predicted octanol–water partition coefficient (Wildman–Crippen LogP) is 1.12. The molecule has 0 unspecified atom stereocenters. The summed E-state index contributed by atoms with van der Waals surface area (Å²) in [7, 11) is 0. The lowest BCUT2D eigenvalue weighted by Crippen LogP contribution is -2.57. The third kappa shape index (κ3) is 4.02. The van der Waals surface area contributed by atoms with Gasteiger partial charge in [0, 0.05) is 17.9 Å². The summed E-state index contributed by atoms with van der Waals surface area (Å²) in [6, 6.07) is 3.02. The second-order valence-electron chi connectivity index (χ2n) is 8.12. The van der Waals surface area contributed by atoms with E-state index in [4.69, 9.17) is 4.74 Å². The number of aliphatic carboxylic acids is 1. The topological polar surface area (TPSA) is 94.6 Å². The number of hydrogen-bond donors (Lipinski definition) is 1. The Hall–Kier alpha value is -2.45. The van der Waals surface area contributed by atoms with Gasteiger partial charge in [-0.15, -0.1) is 0 Å². The van der Waals surface area contributed by atoms with E-state index in [1.165, 1.54) is 11.0 Å². The van der Waals surface area contributed by atoms with Crippen molar-refractivity contribution in [1.29, 1.82) is 0 Å². The molecule has 152 valence electrons. The number of halogens is 2. The van der Waals surface area contributed by atoms with E-state index >= 15 is 0 Å². The van der Waals surface area contributed by atoms with Crippen LogP contribution in [0.15, 0.2) is 12.1 Å². The number of carbonyl (C=O) groups is 2. The van der Waals surface area contributed by atoms with Crippen molar-refractivity contribution in [1.82, 2.24) is 10.3 Å². The maximum Gasteiger partial charge on any atom is 0.282 e. The first-order chi connectivity index (χ1) is 13.3. The molecule has 0 aromatic carbocycles. The molecular formula is C19H22F2N3O4-. The average Bonchev–Trinajstić information content (AvgIpc) is 3.39. The van der Waals surface area contributed by atoms with E-state index in [-0.39, 0.29) is 18.0 Å². The molecule has 1 N–H and O–H groups in total. The number of carboxylic acids is 1. The van der Waals surface area contributed by atoms with Gasteiger partial charge in [-0.1, -0.05) is 0 Å². The molecule has 1 aromatic heterocycles. The molecule has 1 saturated heterocycles. The third-order valence-electron chi connectivity index (χ3n) is 5.58. The van der Waals surface area contributed by atoms with Crippen LogP contribution in [0, 0.1) is 5.92 Å². The lowest BCUT2D eigenvalue weighted by atomic mass is 9.74. The molecule has 7 nitrogen and oxygen atoms in total. The van der Waals surface area contributed by atoms with Gasteiger partial charge in [0.05, 0.1) is 19.7 Å². The zero-order valence-electron chi connectivity index (χ0n) is 15.4. The summed E-state index contributed by atoms with van der Waals surface area (Å²) in [5.41, 5.74) is -0.284.